The van der Waals surface area contributed by atoms with Gasteiger partial charge in [0.25, 0.3) is 5.56 Å². The van der Waals surface area contributed by atoms with Gasteiger partial charge < -0.3 is 5.32 Å². The molecular weight excluding hydrogens is 362 g/mol. The third-order valence-electron chi connectivity index (χ3n) is 4.26. The number of anilines is 1. The van der Waals surface area contributed by atoms with Crippen LogP contribution in [0.2, 0.25) is 0 Å². The molecule has 1 amide bonds. The molecule has 1 aromatic carbocycles. The van der Waals surface area contributed by atoms with Gasteiger partial charge in [-0.2, -0.15) is 5.10 Å². The molecule has 3 heterocycles. The quantitative estimate of drug-likeness (QED) is 0.591. The number of thiazole rings is 1. The van der Waals surface area contributed by atoms with Gasteiger partial charge in [0.2, 0.25) is 5.91 Å². The number of nitrogens with one attached hydrogen (secondary N) is 1. The summed E-state index contributed by atoms with van der Waals surface area (Å²) in [4.78, 5) is 30.3. The number of rotatable bonds is 4. The Morgan fingerprint density at radius 3 is 2.85 bits per heavy atom. The molecule has 136 valence electrons. The summed E-state index contributed by atoms with van der Waals surface area (Å²) in [6.07, 6.45) is 3.86. The molecule has 0 saturated heterocycles. The largest absolute Gasteiger partial charge is 0.324 e. The van der Waals surface area contributed by atoms with E-state index in [4.69, 9.17) is 0 Å². The van der Waals surface area contributed by atoms with Crippen LogP contribution >= 0.6 is 11.3 Å². The van der Waals surface area contributed by atoms with E-state index in [1.165, 1.54) is 10.7 Å². The van der Waals surface area contributed by atoms with Gasteiger partial charge in [-0.3, -0.25) is 14.0 Å². The highest BCUT2D eigenvalue weighted by Gasteiger charge is 2.19. The fraction of sp³-hybridized carbons (Fsp3) is 0.158. The van der Waals surface area contributed by atoms with E-state index < -0.39 is 6.04 Å². The molecular formula is C19H17N5O2S. The third-order valence-corrected chi connectivity index (χ3v) is 5.03. The first-order valence-corrected chi connectivity index (χ1v) is 9.30. The summed E-state index contributed by atoms with van der Waals surface area (Å²) in [5, 5.41) is 9.04. The molecule has 0 aliphatic carbocycles. The van der Waals surface area contributed by atoms with Crippen LogP contribution in [0.15, 0.2) is 59.0 Å². The third kappa shape index (κ3) is 3.26. The van der Waals surface area contributed by atoms with Crippen molar-refractivity contribution in [3.05, 3.63) is 70.2 Å². The molecule has 0 aliphatic heterocycles. The topological polar surface area (TPSA) is 81.3 Å². The Morgan fingerprint density at radius 1 is 1.22 bits per heavy atom. The Balaban J connectivity index is 1.65. The fourth-order valence-electron chi connectivity index (χ4n) is 2.82. The summed E-state index contributed by atoms with van der Waals surface area (Å²) >= 11 is 1.55. The summed E-state index contributed by atoms with van der Waals surface area (Å²) in [7, 11) is 0. The Hall–Kier alpha value is -3.26. The first kappa shape index (κ1) is 17.2. The molecule has 27 heavy (non-hydrogen) atoms. The zero-order valence-corrected chi connectivity index (χ0v) is 15.6. The lowest BCUT2D eigenvalue weighted by Gasteiger charge is -2.15. The minimum absolute atomic E-state index is 0.314. The minimum Gasteiger partial charge on any atom is -0.324 e. The zero-order chi connectivity index (χ0) is 19.0. The van der Waals surface area contributed by atoms with Gasteiger partial charge >= 0.3 is 0 Å². The van der Waals surface area contributed by atoms with Crippen LogP contribution in [0.4, 0.5) is 5.69 Å². The van der Waals surface area contributed by atoms with Gasteiger partial charge in [-0.15, -0.1) is 11.3 Å². The van der Waals surface area contributed by atoms with Crippen LogP contribution in [-0.2, 0) is 4.79 Å². The van der Waals surface area contributed by atoms with Gasteiger partial charge in [0, 0.05) is 29.4 Å². The van der Waals surface area contributed by atoms with E-state index in [1.54, 1.807) is 31.3 Å². The van der Waals surface area contributed by atoms with Crippen molar-refractivity contribution in [2.75, 3.05) is 5.32 Å². The van der Waals surface area contributed by atoms with Crippen molar-refractivity contribution >= 4 is 27.9 Å². The first-order chi connectivity index (χ1) is 13.0. The van der Waals surface area contributed by atoms with E-state index in [0.717, 1.165) is 16.2 Å². The van der Waals surface area contributed by atoms with E-state index in [9.17, 15) is 9.59 Å². The maximum absolute atomic E-state index is 12.7. The van der Waals surface area contributed by atoms with E-state index in [2.05, 4.69) is 15.4 Å². The maximum atomic E-state index is 12.7. The lowest BCUT2D eigenvalue weighted by Crippen LogP contribution is -2.33. The average molecular weight is 379 g/mol. The minimum atomic E-state index is -0.740. The Labute approximate surface area is 158 Å². The van der Waals surface area contributed by atoms with E-state index >= 15 is 0 Å². The number of aryl methyl sites for hydroxylation is 1. The number of hydrogen-bond donors (Lipinski definition) is 1. The molecule has 0 fully saturated rings. The second-order valence-corrected chi connectivity index (χ2v) is 7.06. The number of carbonyl (C=O) groups is 1. The molecule has 1 N–H and O–H groups in total. The predicted octanol–water partition coefficient (Wildman–Crippen LogP) is 3.13. The number of aromatic nitrogens is 4. The van der Waals surface area contributed by atoms with Crippen LogP contribution in [0.25, 0.3) is 16.2 Å². The van der Waals surface area contributed by atoms with Gasteiger partial charge in [0.05, 0.1) is 17.1 Å². The second kappa shape index (κ2) is 6.81. The predicted molar refractivity (Wildman–Crippen MR) is 105 cm³/mol. The highest BCUT2D eigenvalue weighted by atomic mass is 32.1. The van der Waals surface area contributed by atoms with Crippen LogP contribution in [0.3, 0.4) is 0 Å². The van der Waals surface area contributed by atoms with E-state index in [1.807, 2.05) is 46.4 Å². The number of para-hydroxylation sites is 1. The molecule has 0 unspecified atom stereocenters. The number of imidazole rings is 1. The molecule has 0 radical (unpaired) electrons. The number of fused-ring (bicyclic) bond motifs is 1. The summed E-state index contributed by atoms with van der Waals surface area (Å²) in [5.41, 5.74) is 2.59. The van der Waals surface area contributed by atoms with Crippen LogP contribution in [0.1, 0.15) is 18.7 Å². The number of hydrogen-bond acceptors (Lipinski definition) is 5. The van der Waals surface area contributed by atoms with Crippen LogP contribution in [-0.4, -0.2) is 25.1 Å². The van der Waals surface area contributed by atoms with E-state index in [0.29, 0.717) is 11.4 Å². The van der Waals surface area contributed by atoms with Crippen molar-refractivity contribution in [1.29, 1.82) is 0 Å². The monoisotopic (exact) mass is 379 g/mol. The summed E-state index contributed by atoms with van der Waals surface area (Å²) < 4.78 is 3.14. The summed E-state index contributed by atoms with van der Waals surface area (Å²) in [6.45, 7) is 3.43. The van der Waals surface area contributed by atoms with Gasteiger partial charge in [-0.1, -0.05) is 18.2 Å². The van der Waals surface area contributed by atoms with Gasteiger partial charge in [0.15, 0.2) is 4.96 Å². The second-order valence-electron chi connectivity index (χ2n) is 6.19. The lowest BCUT2D eigenvalue weighted by atomic mass is 10.1. The molecule has 0 spiro atoms. The molecule has 4 aromatic rings. The molecule has 3 aromatic heterocycles. The smallest absolute Gasteiger partial charge is 0.267 e. The van der Waals surface area contributed by atoms with Crippen LogP contribution in [0, 0.1) is 6.92 Å². The molecule has 0 bridgehead atoms. The van der Waals surface area contributed by atoms with Crippen molar-refractivity contribution in [3.63, 3.8) is 0 Å². The Bertz CT molecular complexity index is 1160. The van der Waals surface area contributed by atoms with Crippen molar-refractivity contribution in [1.82, 2.24) is 19.2 Å². The first-order valence-electron chi connectivity index (χ1n) is 8.42. The van der Waals surface area contributed by atoms with Crippen LogP contribution in [0.5, 0.6) is 0 Å². The van der Waals surface area contributed by atoms with Crippen molar-refractivity contribution < 1.29 is 4.79 Å². The standard InChI is InChI=1S/C19H17N5O2S/c1-12-7-8-17(25)24(22-12)13(2)18(26)20-15-6-4-3-5-14(15)16-11-23-9-10-27-19(23)21-16/h3-11,13H,1-2H3,(H,20,26)/t13-/m1/s1. The zero-order valence-electron chi connectivity index (χ0n) is 14.8. The Kier molecular flexibility index (Phi) is 4.33. The van der Waals surface area contributed by atoms with Crippen molar-refractivity contribution in [2.24, 2.45) is 0 Å². The SMILES string of the molecule is Cc1ccc(=O)n([C@H](C)C(=O)Nc2ccccc2-c2cn3ccsc3n2)n1. The lowest BCUT2D eigenvalue weighted by molar-refractivity contribution is -0.119. The number of nitrogens with zero attached hydrogens (tertiary/aromatic N) is 4. The van der Waals surface area contributed by atoms with Gasteiger partial charge in [-0.25, -0.2) is 9.67 Å². The number of amides is 1. The number of carbonyl (C=O) groups excluding carboxylic acids is 1. The normalized spacial score (nSPS) is 12.2. The van der Waals surface area contributed by atoms with Gasteiger partial charge in [-0.05, 0) is 26.0 Å². The van der Waals surface area contributed by atoms with Crippen molar-refractivity contribution in [2.45, 2.75) is 19.9 Å². The molecule has 1 atom stereocenters. The maximum Gasteiger partial charge on any atom is 0.267 e. The van der Waals surface area contributed by atoms with Gasteiger partial charge in [0.1, 0.15) is 6.04 Å². The van der Waals surface area contributed by atoms with Crippen LogP contribution < -0.4 is 10.9 Å². The molecule has 8 heteroatoms. The number of benzene rings is 1. The average Bonchev–Trinajstić information content (AvgIpc) is 3.25. The summed E-state index contributed by atoms with van der Waals surface area (Å²) in [5.74, 6) is -0.316. The molecule has 7 nitrogen and oxygen atoms in total. The molecule has 0 aliphatic rings. The highest BCUT2D eigenvalue weighted by Crippen LogP contribution is 2.28. The van der Waals surface area contributed by atoms with Crippen molar-refractivity contribution in [3.8, 4) is 11.3 Å². The summed E-state index contributed by atoms with van der Waals surface area (Å²) in [6, 6.07) is 9.77. The fourth-order valence-corrected chi connectivity index (χ4v) is 3.52. The Morgan fingerprint density at radius 2 is 2.04 bits per heavy atom. The van der Waals surface area contributed by atoms with E-state index in [-0.39, 0.29) is 11.5 Å². The molecule has 4 rings (SSSR count). The molecule has 0 saturated carbocycles. The highest BCUT2D eigenvalue weighted by molar-refractivity contribution is 7.15.